The Balaban J connectivity index is 2.12. The second-order valence-electron chi connectivity index (χ2n) is 5.29. The third-order valence-corrected chi connectivity index (χ3v) is 3.44. The van der Waals surface area contributed by atoms with E-state index in [-0.39, 0.29) is 18.5 Å². The van der Waals surface area contributed by atoms with Crippen LogP contribution in [-0.2, 0) is 4.79 Å². The predicted molar refractivity (Wildman–Crippen MR) is 72.0 cm³/mol. The molecule has 2 rings (SSSR count). The van der Waals surface area contributed by atoms with Gasteiger partial charge in [0.2, 0.25) is 0 Å². The van der Waals surface area contributed by atoms with E-state index in [0.29, 0.717) is 5.56 Å². The Morgan fingerprint density at radius 1 is 1.32 bits per heavy atom. The highest BCUT2D eigenvalue weighted by Crippen LogP contribution is 2.29. The van der Waals surface area contributed by atoms with Gasteiger partial charge in [-0.15, -0.1) is 0 Å². The number of amides is 1. The summed E-state index contributed by atoms with van der Waals surface area (Å²) in [6, 6.07) is 7.63. The molecule has 1 amide bonds. The molecule has 1 aliphatic rings. The van der Waals surface area contributed by atoms with Crippen molar-refractivity contribution in [3.05, 3.63) is 35.4 Å². The summed E-state index contributed by atoms with van der Waals surface area (Å²) in [6.45, 7) is 3.90. The third kappa shape index (κ3) is 3.34. The van der Waals surface area contributed by atoms with E-state index in [4.69, 9.17) is 5.11 Å². The minimum atomic E-state index is -0.859. The summed E-state index contributed by atoms with van der Waals surface area (Å²) in [4.78, 5) is 25.1. The van der Waals surface area contributed by atoms with Crippen LogP contribution in [0.5, 0.6) is 0 Å². The van der Waals surface area contributed by atoms with E-state index in [2.05, 4.69) is 0 Å². The SMILES string of the molecule is Cc1ccc(C(=O)N(CC(C)C(=O)O)C2CC2)cc1. The van der Waals surface area contributed by atoms with E-state index >= 15 is 0 Å². The van der Waals surface area contributed by atoms with Gasteiger partial charge in [0.25, 0.3) is 5.91 Å². The topological polar surface area (TPSA) is 57.6 Å². The number of aliphatic carboxylic acids is 1. The van der Waals surface area contributed by atoms with Crippen molar-refractivity contribution in [3.8, 4) is 0 Å². The summed E-state index contributed by atoms with van der Waals surface area (Å²) in [6.07, 6.45) is 1.95. The first kappa shape index (κ1) is 13.6. The highest BCUT2D eigenvalue weighted by Gasteiger charge is 2.34. The number of nitrogens with zero attached hydrogens (tertiary/aromatic N) is 1. The zero-order chi connectivity index (χ0) is 14.0. The first-order valence-electron chi connectivity index (χ1n) is 6.59. The summed E-state index contributed by atoms with van der Waals surface area (Å²) >= 11 is 0. The Morgan fingerprint density at radius 2 is 1.89 bits per heavy atom. The van der Waals surface area contributed by atoms with Crippen molar-refractivity contribution < 1.29 is 14.7 Å². The van der Waals surface area contributed by atoms with Gasteiger partial charge >= 0.3 is 5.97 Å². The van der Waals surface area contributed by atoms with Gasteiger partial charge in [-0.1, -0.05) is 24.6 Å². The number of hydrogen-bond acceptors (Lipinski definition) is 2. The molecular formula is C15H19NO3. The fraction of sp³-hybridized carbons (Fsp3) is 0.467. The first-order valence-corrected chi connectivity index (χ1v) is 6.59. The van der Waals surface area contributed by atoms with Crippen molar-refractivity contribution >= 4 is 11.9 Å². The van der Waals surface area contributed by atoms with E-state index in [9.17, 15) is 9.59 Å². The lowest BCUT2D eigenvalue weighted by Gasteiger charge is -2.24. The molecule has 1 saturated carbocycles. The lowest BCUT2D eigenvalue weighted by Crippen LogP contribution is -2.38. The van der Waals surface area contributed by atoms with Gasteiger partial charge in [0, 0.05) is 18.2 Å². The lowest BCUT2D eigenvalue weighted by atomic mass is 10.1. The number of aryl methyl sites for hydroxylation is 1. The van der Waals surface area contributed by atoms with E-state index in [1.54, 1.807) is 24.0 Å². The molecule has 4 heteroatoms. The molecular weight excluding hydrogens is 242 g/mol. The van der Waals surface area contributed by atoms with Gasteiger partial charge in [0.15, 0.2) is 0 Å². The van der Waals surface area contributed by atoms with E-state index in [1.165, 1.54) is 0 Å². The zero-order valence-electron chi connectivity index (χ0n) is 11.3. The van der Waals surface area contributed by atoms with Gasteiger partial charge in [0.05, 0.1) is 5.92 Å². The van der Waals surface area contributed by atoms with Crippen molar-refractivity contribution in [1.82, 2.24) is 4.90 Å². The molecule has 1 unspecified atom stereocenters. The molecule has 1 fully saturated rings. The molecule has 4 nitrogen and oxygen atoms in total. The molecule has 1 aromatic carbocycles. The molecule has 0 heterocycles. The third-order valence-electron chi connectivity index (χ3n) is 3.44. The normalized spacial score (nSPS) is 15.9. The number of carboxylic acid groups (broad SMARTS) is 1. The summed E-state index contributed by atoms with van der Waals surface area (Å²) in [7, 11) is 0. The molecule has 1 aliphatic carbocycles. The molecule has 0 aliphatic heterocycles. The molecule has 1 aromatic rings. The smallest absolute Gasteiger partial charge is 0.308 e. The lowest BCUT2D eigenvalue weighted by molar-refractivity contribution is -0.141. The summed E-state index contributed by atoms with van der Waals surface area (Å²) in [5, 5.41) is 8.98. The van der Waals surface area contributed by atoms with Crippen molar-refractivity contribution in [2.75, 3.05) is 6.54 Å². The van der Waals surface area contributed by atoms with Crippen molar-refractivity contribution in [1.29, 1.82) is 0 Å². The average Bonchev–Trinajstić information content (AvgIpc) is 3.19. The maximum atomic E-state index is 12.4. The molecule has 0 radical (unpaired) electrons. The van der Waals surface area contributed by atoms with Gasteiger partial charge in [-0.2, -0.15) is 0 Å². The second kappa shape index (κ2) is 5.43. The van der Waals surface area contributed by atoms with Crippen molar-refractivity contribution in [2.24, 2.45) is 5.92 Å². The molecule has 0 bridgehead atoms. The first-order chi connectivity index (χ1) is 8.99. The molecule has 19 heavy (non-hydrogen) atoms. The van der Waals surface area contributed by atoms with E-state index in [1.807, 2.05) is 19.1 Å². The van der Waals surface area contributed by atoms with E-state index in [0.717, 1.165) is 18.4 Å². The largest absolute Gasteiger partial charge is 0.481 e. The average molecular weight is 261 g/mol. The van der Waals surface area contributed by atoms with Gasteiger partial charge in [-0.3, -0.25) is 9.59 Å². The highest BCUT2D eigenvalue weighted by atomic mass is 16.4. The molecule has 1 atom stereocenters. The number of carbonyl (C=O) groups excluding carboxylic acids is 1. The van der Waals surface area contributed by atoms with Crippen LogP contribution in [0.3, 0.4) is 0 Å². The van der Waals surface area contributed by atoms with Crippen LogP contribution in [0, 0.1) is 12.8 Å². The Bertz CT molecular complexity index is 477. The molecule has 0 aromatic heterocycles. The van der Waals surface area contributed by atoms with Crippen LogP contribution in [0.25, 0.3) is 0 Å². The number of carbonyl (C=O) groups is 2. The van der Waals surface area contributed by atoms with Gasteiger partial charge in [-0.05, 0) is 31.9 Å². The number of benzene rings is 1. The predicted octanol–water partition coefficient (Wildman–Crippen LogP) is 2.32. The fourth-order valence-electron chi connectivity index (χ4n) is 2.02. The van der Waals surface area contributed by atoms with Crippen LogP contribution in [0.4, 0.5) is 0 Å². The Labute approximate surface area is 113 Å². The van der Waals surface area contributed by atoms with Crippen LogP contribution in [-0.4, -0.2) is 34.5 Å². The quantitative estimate of drug-likeness (QED) is 0.885. The molecule has 1 N–H and O–H groups in total. The Morgan fingerprint density at radius 3 is 2.37 bits per heavy atom. The van der Waals surface area contributed by atoms with Crippen LogP contribution < -0.4 is 0 Å². The van der Waals surface area contributed by atoms with Crippen LogP contribution in [0.1, 0.15) is 35.7 Å². The molecule has 0 saturated heterocycles. The standard InChI is InChI=1S/C15H19NO3/c1-10-3-5-12(6-4-10)14(17)16(13-7-8-13)9-11(2)15(18)19/h3-6,11,13H,7-9H2,1-2H3,(H,18,19). The number of hydrogen-bond donors (Lipinski definition) is 1. The van der Waals surface area contributed by atoms with Gasteiger partial charge in [0.1, 0.15) is 0 Å². The van der Waals surface area contributed by atoms with Gasteiger partial charge < -0.3 is 10.0 Å². The monoisotopic (exact) mass is 261 g/mol. The van der Waals surface area contributed by atoms with Crippen LogP contribution in [0.15, 0.2) is 24.3 Å². The van der Waals surface area contributed by atoms with Crippen molar-refractivity contribution in [3.63, 3.8) is 0 Å². The maximum Gasteiger partial charge on any atom is 0.308 e. The maximum absolute atomic E-state index is 12.4. The summed E-state index contributed by atoms with van der Waals surface area (Å²) in [5.41, 5.74) is 1.74. The Kier molecular flexibility index (Phi) is 3.88. The highest BCUT2D eigenvalue weighted by molar-refractivity contribution is 5.94. The van der Waals surface area contributed by atoms with Crippen molar-refractivity contribution in [2.45, 2.75) is 32.7 Å². The molecule has 0 spiro atoms. The Hall–Kier alpha value is -1.84. The van der Waals surface area contributed by atoms with E-state index < -0.39 is 11.9 Å². The minimum Gasteiger partial charge on any atom is -0.481 e. The van der Waals surface area contributed by atoms with Crippen LogP contribution >= 0.6 is 0 Å². The summed E-state index contributed by atoms with van der Waals surface area (Å²) < 4.78 is 0. The second-order valence-corrected chi connectivity index (χ2v) is 5.29. The minimum absolute atomic E-state index is 0.0596. The molecule has 102 valence electrons. The fourth-order valence-corrected chi connectivity index (χ4v) is 2.02. The van der Waals surface area contributed by atoms with Gasteiger partial charge in [-0.25, -0.2) is 0 Å². The summed E-state index contributed by atoms with van der Waals surface area (Å²) in [5.74, 6) is -1.45. The van der Waals surface area contributed by atoms with Crippen LogP contribution in [0.2, 0.25) is 0 Å². The zero-order valence-corrected chi connectivity index (χ0v) is 11.3. The number of rotatable bonds is 5. The number of carboxylic acids is 1.